The number of pyridine rings is 1. The van der Waals surface area contributed by atoms with Crippen molar-refractivity contribution in [2.24, 2.45) is 0 Å². The minimum Gasteiger partial charge on any atom is -0.264 e. The predicted molar refractivity (Wildman–Crippen MR) is 165 cm³/mol. The van der Waals surface area contributed by atoms with Gasteiger partial charge in [0.15, 0.2) is 0 Å². The molecule has 0 saturated heterocycles. The van der Waals surface area contributed by atoms with Gasteiger partial charge in [0.2, 0.25) is 0 Å². The Balaban J connectivity index is 1.45. The van der Waals surface area contributed by atoms with E-state index in [1.165, 1.54) is 76.8 Å². The molecule has 0 amide bonds. The van der Waals surface area contributed by atoms with Crippen molar-refractivity contribution < 1.29 is 0 Å². The fourth-order valence-electron chi connectivity index (χ4n) is 6.86. The molecule has 0 spiro atoms. The van der Waals surface area contributed by atoms with Gasteiger partial charge in [-0.15, -0.1) is 0 Å². The summed E-state index contributed by atoms with van der Waals surface area (Å²) in [7, 11) is 0. The maximum absolute atomic E-state index is 4.62. The SMILES string of the molecule is CC1(C)c2ccccc2-c2cc(-c3c4ccccc4c(-c4ccc5ccccc5c4)c4ccncc34)ccc21. The number of aromatic nitrogens is 1. The van der Waals surface area contributed by atoms with E-state index < -0.39 is 0 Å². The number of fused-ring (bicyclic) bond motifs is 6. The van der Waals surface area contributed by atoms with Crippen molar-refractivity contribution in [1.82, 2.24) is 4.98 Å². The predicted octanol–water partition coefficient (Wildman–Crippen LogP) is 10.2. The largest absolute Gasteiger partial charge is 0.264 e. The lowest BCUT2D eigenvalue weighted by molar-refractivity contribution is 0.660. The van der Waals surface area contributed by atoms with Crippen LogP contribution in [0.1, 0.15) is 25.0 Å². The van der Waals surface area contributed by atoms with Crippen LogP contribution in [0.4, 0.5) is 0 Å². The molecule has 0 unspecified atom stereocenters. The van der Waals surface area contributed by atoms with Gasteiger partial charge in [0.1, 0.15) is 0 Å². The molecule has 184 valence electrons. The van der Waals surface area contributed by atoms with E-state index in [9.17, 15) is 0 Å². The molecule has 7 aromatic rings. The molecule has 6 aromatic carbocycles. The minimum absolute atomic E-state index is 0.00388. The second-order valence-corrected chi connectivity index (χ2v) is 11.2. The van der Waals surface area contributed by atoms with E-state index in [-0.39, 0.29) is 5.41 Å². The summed E-state index contributed by atoms with van der Waals surface area (Å²) in [6.07, 6.45) is 3.97. The second-order valence-electron chi connectivity index (χ2n) is 11.2. The van der Waals surface area contributed by atoms with Gasteiger partial charge in [-0.1, -0.05) is 111 Å². The maximum Gasteiger partial charge on any atom is 0.0353 e. The van der Waals surface area contributed by atoms with Crippen LogP contribution in [0, 0.1) is 0 Å². The standard InChI is InChI=1S/C38H27N/c1-38(2)34-14-8-7-11-28(34)32-22-27(17-18-35(32)38)37-30-13-6-5-12-29(30)36(31-19-20-39-23-33(31)37)26-16-15-24-9-3-4-10-25(24)21-26/h3-23H,1-2H3. The monoisotopic (exact) mass is 497 g/mol. The van der Waals surface area contributed by atoms with E-state index in [4.69, 9.17) is 0 Å². The maximum atomic E-state index is 4.62. The lowest BCUT2D eigenvalue weighted by Gasteiger charge is -2.22. The Morgan fingerprint density at radius 1 is 0.487 bits per heavy atom. The van der Waals surface area contributed by atoms with E-state index >= 15 is 0 Å². The Kier molecular flexibility index (Phi) is 4.63. The van der Waals surface area contributed by atoms with Crippen molar-refractivity contribution in [3.8, 4) is 33.4 Å². The molecule has 0 saturated carbocycles. The van der Waals surface area contributed by atoms with Gasteiger partial charge in [-0.25, -0.2) is 0 Å². The van der Waals surface area contributed by atoms with Crippen LogP contribution in [0.3, 0.4) is 0 Å². The summed E-state index contributed by atoms with van der Waals surface area (Å²) >= 11 is 0. The summed E-state index contributed by atoms with van der Waals surface area (Å²) in [5.74, 6) is 0. The highest BCUT2D eigenvalue weighted by atomic mass is 14.6. The first kappa shape index (κ1) is 22.3. The average molecular weight is 498 g/mol. The summed E-state index contributed by atoms with van der Waals surface area (Å²) in [5.41, 5.74) is 10.5. The van der Waals surface area contributed by atoms with Crippen LogP contribution < -0.4 is 0 Å². The second kappa shape index (κ2) is 8.12. The zero-order valence-electron chi connectivity index (χ0n) is 22.1. The van der Waals surface area contributed by atoms with Crippen molar-refractivity contribution in [2.45, 2.75) is 19.3 Å². The molecular formula is C38H27N. The van der Waals surface area contributed by atoms with Crippen LogP contribution >= 0.6 is 0 Å². The van der Waals surface area contributed by atoms with Gasteiger partial charge in [-0.05, 0) is 89.6 Å². The Morgan fingerprint density at radius 3 is 1.95 bits per heavy atom. The Bertz CT molecular complexity index is 2040. The van der Waals surface area contributed by atoms with Gasteiger partial charge in [-0.3, -0.25) is 4.98 Å². The normalized spacial score (nSPS) is 13.6. The molecule has 1 aromatic heterocycles. The fraction of sp³-hybridized carbons (Fsp3) is 0.0789. The third kappa shape index (κ3) is 3.17. The lowest BCUT2D eigenvalue weighted by atomic mass is 9.81. The van der Waals surface area contributed by atoms with E-state index in [1.54, 1.807) is 0 Å². The Hall–Kier alpha value is -4.75. The van der Waals surface area contributed by atoms with Crippen LogP contribution in [0.5, 0.6) is 0 Å². The summed E-state index contributed by atoms with van der Waals surface area (Å²) in [4.78, 5) is 4.62. The molecule has 0 radical (unpaired) electrons. The van der Waals surface area contributed by atoms with E-state index in [1.807, 2.05) is 12.4 Å². The molecular weight excluding hydrogens is 470 g/mol. The molecule has 8 rings (SSSR count). The Morgan fingerprint density at radius 2 is 1.10 bits per heavy atom. The zero-order valence-corrected chi connectivity index (χ0v) is 22.1. The van der Waals surface area contributed by atoms with E-state index in [0.717, 1.165) is 0 Å². The molecule has 0 fully saturated rings. The van der Waals surface area contributed by atoms with Gasteiger partial charge in [0, 0.05) is 23.2 Å². The molecule has 0 atom stereocenters. The van der Waals surface area contributed by atoms with Crippen LogP contribution in [-0.2, 0) is 5.41 Å². The minimum atomic E-state index is -0.00388. The number of benzene rings is 6. The van der Waals surface area contributed by atoms with Crippen molar-refractivity contribution >= 4 is 32.3 Å². The van der Waals surface area contributed by atoms with Gasteiger partial charge >= 0.3 is 0 Å². The van der Waals surface area contributed by atoms with Gasteiger partial charge in [0.05, 0.1) is 0 Å². The summed E-state index contributed by atoms with van der Waals surface area (Å²) < 4.78 is 0. The molecule has 39 heavy (non-hydrogen) atoms. The third-order valence-electron chi connectivity index (χ3n) is 8.74. The van der Waals surface area contributed by atoms with Crippen molar-refractivity contribution in [3.63, 3.8) is 0 Å². The van der Waals surface area contributed by atoms with E-state index in [2.05, 4.69) is 134 Å². The first-order chi connectivity index (χ1) is 19.1. The molecule has 1 heterocycles. The molecule has 0 N–H and O–H groups in total. The quantitative estimate of drug-likeness (QED) is 0.217. The highest BCUT2D eigenvalue weighted by Gasteiger charge is 2.35. The summed E-state index contributed by atoms with van der Waals surface area (Å²) in [6.45, 7) is 4.68. The van der Waals surface area contributed by atoms with Crippen molar-refractivity contribution in [2.75, 3.05) is 0 Å². The molecule has 0 bridgehead atoms. The van der Waals surface area contributed by atoms with Crippen molar-refractivity contribution in [3.05, 3.63) is 139 Å². The first-order valence-corrected chi connectivity index (χ1v) is 13.6. The fourth-order valence-corrected chi connectivity index (χ4v) is 6.86. The highest BCUT2D eigenvalue weighted by molar-refractivity contribution is 6.21. The number of rotatable bonds is 2. The average Bonchev–Trinajstić information content (AvgIpc) is 3.21. The van der Waals surface area contributed by atoms with E-state index in [0.29, 0.717) is 0 Å². The van der Waals surface area contributed by atoms with Crippen LogP contribution in [-0.4, -0.2) is 4.98 Å². The molecule has 1 aliphatic carbocycles. The van der Waals surface area contributed by atoms with Crippen LogP contribution in [0.25, 0.3) is 65.7 Å². The van der Waals surface area contributed by atoms with Crippen molar-refractivity contribution in [1.29, 1.82) is 0 Å². The number of hydrogen-bond acceptors (Lipinski definition) is 1. The third-order valence-corrected chi connectivity index (χ3v) is 8.74. The summed E-state index contributed by atoms with van der Waals surface area (Å²) in [6, 6.07) is 42.4. The number of hydrogen-bond donors (Lipinski definition) is 0. The lowest BCUT2D eigenvalue weighted by Crippen LogP contribution is -2.14. The molecule has 0 aliphatic heterocycles. The van der Waals surface area contributed by atoms with Crippen LogP contribution in [0.2, 0.25) is 0 Å². The molecule has 1 aliphatic rings. The topological polar surface area (TPSA) is 12.9 Å². The summed E-state index contributed by atoms with van der Waals surface area (Å²) in [5, 5.41) is 7.45. The molecule has 1 heteroatoms. The Labute approximate surface area is 228 Å². The highest BCUT2D eigenvalue weighted by Crippen LogP contribution is 2.51. The zero-order chi connectivity index (χ0) is 26.1. The number of nitrogens with zero attached hydrogens (tertiary/aromatic N) is 1. The first-order valence-electron chi connectivity index (χ1n) is 13.6. The van der Waals surface area contributed by atoms with Gasteiger partial charge in [0.25, 0.3) is 0 Å². The smallest absolute Gasteiger partial charge is 0.0353 e. The van der Waals surface area contributed by atoms with Gasteiger partial charge < -0.3 is 0 Å². The van der Waals surface area contributed by atoms with Crippen LogP contribution in [0.15, 0.2) is 128 Å². The van der Waals surface area contributed by atoms with Gasteiger partial charge in [-0.2, -0.15) is 0 Å². The molecule has 1 nitrogen and oxygen atoms in total.